The van der Waals surface area contributed by atoms with E-state index >= 15 is 0 Å². The Morgan fingerprint density at radius 2 is 2.00 bits per heavy atom. The van der Waals surface area contributed by atoms with E-state index in [1.54, 1.807) is 12.3 Å². The number of rotatable bonds is 5. The van der Waals surface area contributed by atoms with Crippen molar-refractivity contribution in [3.63, 3.8) is 0 Å². The molecular weight excluding hydrogens is 368 g/mol. The van der Waals surface area contributed by atoms with Crippen LogP contribution >= 0.6 is 0 Å². The van der Waals surface area contributed by atoms with Crippen molar-refractivity contribution in [1.29, 1.82) is 0 Å². The Morgan fingerprint density at radius 1 is 1.24 bits per heavy atom. The van der Waals surface area contributed by atoms with Gasteiger partial charge in [0, 0.05) is 38.4 Å². The van der Waals surface area contributed by atoms with Gasteiger partial charge >= 0.3 is 5.97 Å². The highest BCUT2D eigenvalue weighted by Gasteiger charge is 2.24. The van der Waals surface area contributed by atoms with Crippen molar-refractivity contribution in [3.8, 4) is 0 Å². The molecule has 1 aliphatic rings. The van der Waals surface area contributed by atoms with Gasteiger partial charge < -0.3 is 20.3 Å². The zero-order chi connectivity index (χ0) is 20.5. The van der Waals surface area contributed by atoms with E-state index in [9.17, 15) is 9.90 Å². The van der Waals surface area contributed by atoms with Crippen molar-refractivity contribution in [2.45, 2.75) is 26.8 Å². The number of benzene rings is 1. The maximum atomic E-state index is 11.9. The molecule has 152 valence electrons. The van der Waals surface area contributed by atoms with Crippen LogP contribution in [0.3, 0.4) is 0 Å². The molecule has 1 aliphatic heterocycles. The molecule has 1 saturated heterocycles. The summed E-state index contributed by atoms with van der Waals surface area (Å²) in [5.41, 5.74) is 3.43. The molecule has 3 N–H and O–H groups in total. The van der Waals surface area contributed by atoms with E-state index in [-0.39, 0.29) is 0 Å². The van der Waals surface area contributed by atoms with Crippen LogP contribution in [0.2, 0.25) is 0 Å². The summed E-state index contributed by atoms with van der Waals surface area (Å²) in [4.78, 5) is 28.6. The molecule has 0 unspecified atom stereocenters. The summed E-state index contributed by atoms with van der Waals surface area (Å²) in [7, 11) is 0. The van der Waals surface area contributed by atoms with Crippen LogP contribution in [0.4, 0.5) is 17.5 Å². The van der Waals surface area contributed by atoms with Crippen LogP contribution in [-0.2, 0) is 0 Å². The van der Waals surface area contributed by atoms with Crippen molar-refractivity contribution >= 4 is 34.5 Å². The van der Waals surface area contributed by atoms with Crippen LogP contribution in [0.1, 0.15) is 29.8 Å². The van der Waals surface area contributed by atoms with Gasteiger partial charge in [-0.25, -0.2) is 14.8 Å². The van der Waals surface area contributed by atoms with Crippen LogP contribution in [0.25, 0.3) is 11.0 Å². The molecule has 29 heavy (non-hydrogen) atoms. The number of hydrogen-bond acceptors (Lipinski definition) is 6. The number of fused-ring (bicyclic) bond motifs is 1. The van der Waals surface area contributed by atoms with E-state index < -0.39 is 5.97 Å². The van der Waals surface area contributed by atoms with Crippen LogP contribution in [0.5, 0.6) is 0 Å². The van der Waals surface area contributed by atoms with Gasteiger partial charge in [-0.15, -0.1) is 0 Å². The highest BCUT2D eigenvalue weighted by Crippen LogP contribution is 2.29. The number of nitrogens with one attached hydrogen (secondary N) is 2. The highest BCUT2D eigenvalue weighted by molar-refractivity contribution is 6.00. The van der Waals surface area contributed by atoms with Crippen molar-refractivity contribution in [1.82, 2.24) is 19.9 Å². The molecule has 0 bridgehead atoms. The van der Waals surface area contributed by atoms with Crippen LogP contribution < -0.4 is 10.2 Å². The maximum absolute atomic E-state index is 11.9. The summed E-state index contributed by atoms with van der Waals surface area (Å²) in [6, 6.07) is 7.88. The first-order chi connectivity index (χ1) is 13.9. The minimum absolute atomic E-state index is 0.291. The summed E-state index contributed by atoms with van der Waals surface area (Å²) in [6.07, 6.45) is 1.72. The first-order valence-corrected chi connectivity index (χ1v) is 9.87. The first kappa shape index (κ1) is 19.2. The number of carboxylic acids is 1. The molecule has 8 nitrogen and oxygen atoms in total. The molecule has 1 aromatic carbocycles. The SMILES string of the molecule is Cc1cccnc1Nc1nc2cc(N3CCN(C(C)C)CC3)c(C(=O)O)cc2[nH]1. The molecule has 3 aromatic rings. The monoisotopic (exact) mass is 394 g/mol. The van der Waals surface area contributed by atoms with Gasteiger partial charge in [-0.1, -0.05) is 6.07 Å². The van der Waals surface area contributed by atoms with Crippen LogP contribution in [0.15, 0.2) is 30.5 Å². The lowest BCUT2D eigenvalue weighted by Gasteiger charge is -2.38. The fourth-order valence-corrected chi connectivity index (χ4v) is 3.75. The lowest BCUT2D eigenvalue weighted by Crippen LogP contribution is -2.49. The number of piperazine rings is 1. The molecule has 8 heteroatoms. The highest BCUT2D eigenvalue weighted by atomic mass is 16.4. The van der Waals surface area contributed by atoms with E-state index in [2.05, 4.69) is 43.9 Å². The number of hydrogen-bond donors (Lipinski definition) is 3. The third-order valence-corrected chi connectivity index (χ3v) is 5.46. The van der Waals surface area contributed by atoms with Gasteiger partial charge in [0.15, 0.2) is 0 Å². The fraction of sp³-hybridized carbons (Fsp3) is 0.381. The van der Waals surface area contributed by atoms with Crippen molar-refractivity contribution in [3.05, 3.63) is 41.6 Å². The van der Waals surface area contributed by atoms with E-state index in [4.69, 9.17) is 0 Å². The average Bonchev–Trinajstić information content (AvgIpc) is 3.10. The molecular formula is C21H26N6O2. The summed E-state index contributed by atoms with van der Waals surface area (Å²) in [6.45, 7) is 9.77. The van der Waals surface area contributed by atoms with Crippen LogP contribution in [0, 0.1) is 6.92 Å². The summed E-state index contributed by atoms with van der Waals surface area (Å²) in [5, 5.41) is 13.0. The van der Waals surface area contributed by atoms with E-state index in [0.29, 0.717) is 23.1 Å². The normalized spacial score (nSPS) is 15.2. The van der Waals surface area contributed by atoms with Gasteiger partial charge in [-0.2, -0.15) is 0 Å². The lowest BCUT2D eigenvalue weighted by atomic mass is 10.1. The lowest BCUT2D eigenvalue weighted by molar-refractivity contribution is 0.0697. The molecule has 2 aromatic heterocycles. The summed E-state index contributed by atoms with van der Waals surface area (Å²) in [5.74, 6) is 0.327. The summed E-state index contributed by atoms with van der Waals surface area (Å²) < 4.78 is 0. The molecule has 3 heterocycles. The topological polar surface area (TPSA) is 97.4 Å². The number of carboxylic acid groups (broad SMARTS) is 1. The van der Waals surface area contributed by atoms with Crippen molar-refractivity contribution < 1.29 is 9.90 Å². The van der Waals surface area contributed by atoms with Crippen molar-refractivity contribution in [2.24, 2.45) is 0 Å². The first-order valence-electron chi connectivity index (χ1n) is 9.87. The molecule has 0 radical (unpaired) electrons. The molecule has 0 spiro atoms. The molecule has 0 saturated carbocycles. The second kappa shape index (κ2) is 7.71. The maximum Gasteiger partial charge on any atom is 0.337 e. The Balaban J connectivity index is 1.65. The number of aromatic carboxylic acids is 1. The zero-order valence-electron chi connectivity index (χ0n) is 16.9. The van der Waals surface area contributed by atoms with Gasteiger partial charge in [0.05, 0.1) is 22.3 Å². The van der Waals surface area contributed by atoms with Gasteiger partial charge in [-0.05, 0) is 44.5 Å². The van der Waals surface area contributed by atoms with Gasteiger partial charge in [-0.3, -0.25) is 4.90 Å². The van der Waals surface area contributed by atoms with Crippen molar-refractivity contribution in [2.75, 3.05) is 36.4 Å². The molecule has 4 rings (SSSR count). The van der Waals surface area contributed by atoms with Crippen LogP contribution in [-0.4, -0.2) is 63.1 Å². The molecule has 0 amide bonds. The van der Waals surface area contributed by atoms with Gasteiger partial charge in [0.2, 0.25) is 5.95 Å². The third-order valence-electron chi connectivity index (χ3n) is 5.46. The predicted octanol–water partition coefficient (Wildman–Crippen LogP) is 3.24. The number of aromatic amines is 1. The third kappa shape index (κ3) is 3.88. The van der Waals surface area contributed by atoms with E-state index in [1.165, 1.54) is 0 Å². The fourth-order valence-electron chi connectivity index (χ4n) is 3.75. The molecule has 0 atom stereocenters. The zero-order valence-corrected chi connectivity index (χ0v) is 16.9. The smallest absolute Gasteiger partial charge is 0.337 e. The predicted molar refractivity (Wildman–Crippen MR) is 114 cm³/mol. The van der Waals surface area contributed by atoms with Gasteiger partial charge in [0.25, 0.3) is 0 Å². The number of aromatic nitrogens is 3. The Morgan fingerprint density at radius 3 is 2.66 bits per heavy atom. The van der Waals surface area contributed by atoms with E-state index in [1.807, 2.05) is 25.1 Å². The van der Waals surface area contributed by atoms with E-state index in [0.717, 1.165) is 48.8 Å². The number of aryl methyl sites for hydroxylation is 1. The number of carbonyl (C=O) groups is 1. The number of H-pyrrole nitrogens is 1. The Kier molecular flexibility index (Phi) is 5.10. The Bertz CT molecular complexity index is 1040. The average molecular weight is 394 g/mol. The molecule has 0 aliphatic carbocycles. The number of anilines is 3. The number of pyridine rings is 1. The standard InChI is InChI=1S/C21H26N6O2/c1-13(2)26-7-9-27(10-8-26)18-12-17-16(11-15(18)20(28)29)23-21(24-17)25-19-14(3)5-4-6-22-19/h4-6,11-13H,7-10H2,1-3H3,(H,28,29)(H2,22,23,24,25). The number of nitrogens with zero attached hydrogens (tertiary/aromatic N) is 4. The minimum atomic E-state index is -0.933. The summed E-state index contributed by atoms with van der Waals surface area (Å²) >= 11 is 0. The Labute approximate surface area is 169 Å². The minimum Gasteiger partial charge on any atom is -0.478 e. The van der Waals surface area contributed by atoms with Gasteiger partial charge in [0.1, 0.15) is 5.82 Å². The molecule has 1 fully saturated rings. The largest absolute Gasteiger partial charge is 0.478 e. The second-order valence-electron chi connectivity index (χ2n) is 7.69. The Hall–Kier alpha value is -3.13. The second-order valence-corrected chi connectivity index (χ2v) is 7.69. The quantitative estimate of drug-likeness (QED) is 0.611. The number of imidazole rings is 1.